The lowest BCUT2D eigenvalue weighted by atomic mass is 9.97. The summed E-state index contributed by atoms with van der Waals surface area (Å²) in [4.78, 5) is 12.6. The number of anilines is 1. The normalized spacial score (nSPS) is 10.8. The maximum atomic E-state index is 12.6. The van der Waals surface area contributed by atoms with E-state index in [4.69, 9.17) is 4.42 Å². The Hall–Kier alpha value is -2.12. The molecule has 3 aromatic rings. The SMILES string of the molecule is Cc1cc(C)c(C(=O)CSc2nnc(NCc3ccco3)s2)c(C)c1. The van der Waals surface area contributed by atoms with E-state index in [1.807, 2.05) is 45.0 Å². The van der Waals surface area contributed by atoms with Gasteiger partial charge in [-0.25, -0.2) is 0 Å². The number of nitrogens with zero attached hydrogens (tertiary/aromatic N) is 2. The first-order valence-electron chi connectivity index (χ1n) is 7.86. The average molecular weight is 374 g/mol. The summed E-state index contributed by atoms with van der Waals surface area (Å²) in [6, 6.07) is 7.84. The minimum Gasteiger partial charge on any atom is -0.467 e. The molecule has 0 saturated carbocycles. The van der Waals surface area contributed by atoms with E-state index in [1.54, 1.807) is 6.26 Å². The molecule has 1 aromatic carbocycles. The van der Waals surface area contributed by atoms with Crippen LogP contribution in [0.5, 0.6) is 0 Å². The molecule has 0 atom stereocenters. The highest BCUT2D eigenvalue weighted by Crippen LogP contribution is 2.27. The van der Waals surface area contributed by atoms with Gasteiger partial charge in [0.15, 0.2) is 10.1 Å². The monoisotopic (exact) mass is 373 g/mol. The highest BCUT2D eigenvalue weighted by atomic mass is 32.2. The molecule has 0 bridgehead atoms. The molecule has 0 aliphatic heterocycles. The lowest BCUT2D eigenvalue weighted by molar-refractivity contribution is 0.102. The van der Waals surface area contributed by atoms with Crippen LogP contribution in [0.2, 0.25) is 0 Å². The Bertz CT molecular complexity index is 849. The minimum atomic E-state index is 0.125. The topological polar surface area (TPSA) is 68.0 Å². The number of carbonyl (C=O) groups is 1. The van der Waals surface area contributed by atoms with Crippen LogP contribution in [-0.2, 0) is 6.54 Å². The molecular weight excluding hydrogens is 354 g/mol. The summed E-state index contributed by atoms with van der Waals surface area (Å²) in [5, 5.41) is 12.1. The van der Waals surface area contributed by atoms with Crippen molar-refractivity contribution in [3.63, 3.8) is 0 Å². The van der Waals surface area contributed by atoms with Crippen molar-refractivity contribution >= 4 is 34.0 Å². The Kier molecular flexibility index (Phi) is 5.55. The Balaban J connectivity index is 1.58. The molecule has 0 amide bonds. The van der Waals surface area contributed by atoms with Crippen molar-refractivity contribution in [1.82, 2.24) is 10.2 Å². The summed E-state index contributed by atoms with van der Waals surface area (Å²) in [6.07, 6.45) is 1.64. The number of nitrogens with one attached hydrogen (secondary N) is 1. The maximum Gasteiger partial charge on any atom is 0.206 e. The van der Waals surface area contributed by atoms with Crippen molar-refractivity contribution in [3.05, 3.63) is 58.5 Å². The fraction of sp³-hybridized carbons (Fsp3) is 0.278. The molecule has 0 spiro atoms. The molecule has 130 valence electrons. The molecule has 1 N–H and O–H groups in total. The van der Waals surface area contributed by atoms with Crippen LogP contribution in [0.1, 0.15) is 32.8 Å². The van der Waals surface area contributed by atoms with E-state index < -0.39 is 0 Å². The molecule has 3 rings (SSSR count). The zero-order chi connectivity index (χ0) is 17.8. The van der Waals surface area contributed by atoms with E-state index in [0.29, 0.717) is 17.4 Å². The van der Waals surface area contributed by atoms with Gasteiger partial charge in [0.2, 0.25) is 5.13 Å². The van der Waals surface area contributed by atoms with Crippen LogP contribution in [-0.4, -0.2) is 21.7 Å². The zero-order valence-corrected chi connectivity index (χ0v) is 16.0. The highest BCUT2D eigenvalue weighted by molar-refractivity contribution is 8.01. The lowest BCUT2D eigenvalue weighted by Gasteiger charge is -2.09. The van der Waals surface area contributed by atoms with Crippen LogP contribution in [0.25, 0.3) is 0 Å². The van der Waals surface area contributed by atoms with Crippen LogP contribution in [0.4, 0.5) is 5.13 Å². The number of hydrogen-bond acceptors (Lipinski definition) is 7. The zero-order valence-electron chi connectivity index (χ0n) is 14.3. The number of rotatable bonds is 7. The van der Waals surface area contributed by atoms with E-state index in [1.165, 1.54) is 28.7 Å². The van der Waals surface area contributed by atoms with Gasteiger partial charge in [-0.05, 0) is 44.0 Å². The van der Waals surface area contributed by atoms with E-state index in [9.17, 15) is 4.79 Å². The van der Waals surface area contributed by atoms with Crippen molar-refractivity contribution in [2.24, 2.45) is 0 Å². The second-order valence-electron chi connectivity index (χ2n) is 5.79. The molecule has 0 saturated heterocycles. The first kappa shape index (κ1) is 17.7. The van der Waals surface area contributed by atoms with Crippen molar-refractivity contribution in [2.45, 2.75) is 31.7 Å². The van der Waals surface area contributed by atoms with Crippen LogP contribution < -0.4 is 5.32 Å². The number of thioether (sulfide) groups is 1. The number of carbonyl (C=O) groups excluding carboxylic acids is 1. The Morgan fingerprint density at radius 3 is 2.68 bits per heavy atom. The first-order valence-corrected chi connectivity index (χ1v) is 9.67. The van der Waals surface area contributed by atoms with E-state index in [0.717, 1.165) is 26.8 Å². The Morgan fingerprint density at radius 2 is 2.00 bits per heavy atom. The number of benzene rings is 1. The van der Waals surface area contributed by atoms with Crippen LogP contribution >= 0.6 is 23.1 Å². The number of aryl methyl sites for hydroxylation is 3. The first-order chi connectivity index (χ1) is 12.0. The molecule has 0 fully saturated rings. The van der Waals surface area contributed by atoms with Gasteiger partial charge in [-0.2, -0.15) is 0 Å². The van der Waals surface area contributed by atoms with Crippen LogP contribution in [0.15, 0.2) is 39.3 Å². The number of furan rings is 1. The fourth-order valence-corrected chi connectivity index (χ4v) is 4.35. The largest absolute Gasteiger partial charge is 0.467 e. The summed E-state index contributed by atoms with van der Waals surface area (Å²) in [5.41, 5.74) is 4.05. The summed E-state index contributed by atoms with van der Waals surface area (Å²) in [5.74, 6) is 1.32. The second-order valence-corrected chi connectivity index (χ2v) is 7.99. The summed E-state index contributed by atoms with van der Waals surface area (Å²) >= 11 is 2.86. The van der Waals surface area contributed by atoms with Gasteiger partial charge in [-0.1, -0.05) is 40.8 Å². The third-order valence-electron chi connectivity index (χ3n) is 3.68. The van der Waals surface area contributed by atoms with Gasteiger partial charge >= 0.3 is 0 Å². The molecule has 2 aromatic heterocycles. The number of aromatic nitrogens is 2. The third-order valence-corrected chi connectivity index (χ3v) is 5.70. The fourth-order valence-electron chi connectivity index (χ4n) is 2.73. The van der Waals surface area contributed by atoms with Gasteiger partial charge in [0.05, 0.1) is 18.6 Å². The van der Waals surface area contributed by atoms with Crippen LogP contribution in [0.3, 0.4) is 0 Å². The predicted octanol–water partition coefficient (Wildman–Crippen LogP) is 4.64. The van der Waals surface area contributed by atoms with Crippen molar-refractivity contribution in [3.8, 4) is 0 Å². The van der Waals surface area contributed by atoms with Gasteiger partial charge in [-0.3, -0.25) is 4.79 Å². The van der Waals surface area contributed by atoms with E-state index in [2.05, 4.69) is 15.5 Å². The molecule has 0 radical (unpaired) electrons. The number of ketones is 1. The lowest BCUT2D eigenvalue weighted by Crippen LogP contribution is -2.07. The summed E-state index contributed by atoms with van der Waals surface area (Å²) in [7, 11) is 0. The summed E-state index contributed by atoms with van der Waals surface area (Å²) < 4.78 is 6.04. The molecule has 25 heavy (non-hydrogen) atoms. The van der Waals surface area contributed by atoms with Gasteiger partial charge in [-0.15, -0.1) is 10.2 Å². The Labute approximate surface area is 154 Å². The molecule has 5 nitrogen and oxygen atoms in total. The van der Waals surface area contributed by atoms with Crippen molar-refractivity contribution in [2.75, 3.05) is 11.1 Å². The third kappa shape index (κ3) is 4.49. The predicted molar refractivity (Wildman–Crippen MR) is 102 cm³/mol. The number of Topliss-reactive ketones (excluding diaryl/α,β-unsaturated/α-hetero) is 1. The van der Waals surface area contributed by atoms with Gasteiger partial charge in [0, 0.05) is 5.56 Å². The standard InChI is InChI=1S/C18H19N3O2S2/c1-11-7-12(2)16(13(3)8-11)15(22)10-24-18-21-20-17(25-18)19-9-14-5-4-6-23-14/h4-8H,9-10H2,1-3H3,(H,19,20). The molecule has 7 heteroatoms. The minimum absolute atomic E-state index is 0.125. The second kappa shape index (κ2) is 7.84. The van der Waals surface area contributed by atoms with Crippen molar-refractivity contribution in [1.29, 1.82) is 0 Å². The van der Waals surface area contributed by atoms with E-state index >= 15 is 0 Å². The average Bonchev–Trinajstić information content (AvgIpc) is 3.21. The summed E-state index contributed by atoms with van der Waals surface area (Å²) in [6.45, 7) is 6.58. The Morgan fingerprint density at radius 1 is 1.24 bits per heavy atom. The molecule has 0 aliphatic rings. The highest BCUT2D eigenvalue weighted by Gasteiger charge is 2.15. The molecular formula is C18H19N3O2S2. The maximum absolute atomic E-state index is 12.6. The van der Waals surface area contributed by atoms with Crippen LogP contribution in [0, 0.1) is 20.8 Å². The molecule has 0 aliphatic carbocycles. The number of hydrogen-bond donors (Lipinski definition) is 1. The van der Waals surface area contributed by atoms with Crippen molar-refractivity contribution < 1.29 is 9.21 Å². The van der Waals surface area contributed by atoms with Gasteiger partial charge < -0.3 is 9.73 Å². The molecule has 0 unspecified atom stereocenters. The quantitative estimate of drug-likeness (QED) is 0.480. The van der Waals surface area contributed by atoms with Gasteiger partial charge in [0.25, 0.3) is 0 Å². The smallest absolute Gasteiger partial charge is 0.206 e. The van der Waals surface area contributed by atoms with E-state index in [-0.39, 0.29) is 5.78 Å². The van der Waals surface area contributed by atoms with Gasteiger partial charge in [0.1, 0.15) is 5.76 Å². The molecule has 2 heterocycles.